The fraction of sp³-hybridized carbons (Fsp3) is 0.391. The molecule has 0 heterocycles. The van der Waals surface area contributed by atoms with E-state index in [0.29, 0.717) is 28.9 Å². The van der Waals surface area contributed by atoms with E-state index in [2.05, 4.69) is 5.32 Å². The number of nitrogens with zero attached hydrogens (tertiary/aromatic N) is 1. The number of aryl methyl sites for hydroxylation is 1. The van der Waals surface area contributed by atoms with Crippen molar-refractivity contribution in [2.45, 2.75) is 45.5 Å². The molecule has 30 heavy (non-hydrogen) atoms. The first-order valence-corrected chi connectivity index (χ1v) is 11.9. The Hall–Kier alpha value is -1.69. The minimum absolute atomic E-state index is 0.0672. The van der Waals surface area contributed by atoms with Gasteiger partial charge >= 0.3 is 0 Å². The molecule has 0 bridgehead atoms. The van der Waals surface area contributed by atoms with Gasteiger partial charge in [-0.1, -0.05) is 60.5 Å². The Morgan fingerprint density at radius 1 is 1.13 bits per heavy atom. The molecule has 1 N–H and O–H groups in total. The monoisotopic (exact) mass is 466 g/mol. The van der Waals surface area contributed by atoms with E-state index in [-0.39, 0.29) is 17.6 Å². The highest BCUT2D eigenvalue weighted by Gasteiger charge is 2.26. The maximum Gasteiger partial charge on any atom is 0.242 e. The summed E-state index contributed by atoms with van der Waals surface area (Å²) < 4.78 is 0. The van der Waals surface area contributed by atoms with Crippen molar-refractivity contribution in [2.75, 3.05) is 12.3 Å². The number of halogens is 2. The molecular formula is C23H28Cl2N2O2S. The lowest BCUT2D eigenvalue weighted by Crippen LogP contribution is -2.48. The van der Waals surface area contributed by atoms with Crippen molar-refractivity contribution in [3.8, 4) is 0 Å². The summed E-state index contributed by atoms with van der Waals surface area (Å²) in [7, 11) is 0. The van der Waals surface area contributed by atoms with Crippen LogP contribution in [0.15, 0.2) is 42.5 Å². The van der Waals surface area contributed by atoms with Crippen LogP contribution in [0, 0.1) is 6.92 Å². The molecular weight excluding hydrogens is 439 g/mol. The molecule has 4 nitrogen and oxygen atoms in total. The molecule has 0 radical (unpaired) electrons. The Kier molecular flexibility index (Phi) is 10.0. The normalized spacial score (nSPS) is 11.8. The summed E-state index contributed by atoms with van der Waals surface area (Å²) in [5.41, 5.74) is 3.14. The third kappa shape index (κ3) is 7.22. The number of hydrogen-bond acceptors (Lipinski definition) is 3. The molecule has 7 heteroatoms. The smallest absolute Gasteiger partial charge is 0.242 e. The molecule has 0 fully saturated rings. The van der Waals surface area contributed by atoms with Gasteiger partial charge in [0, 0.05) is 18.8 Å². The summed E-state index contributed by atoms with van der Waals surface area (Å²) in [6.07, 6.45) is 0.851. The molecule has 2 rings (SSSR count). The van der Waals surface area contributed by atoms with Gasteiger partial charge in [-0.3, -0.25) is 9.59 Å². The van der Waals surface area contributed by atoms with Crippen LogP contribution >= 0.6 is 35.0 Å². The highest BCUT2D eigenvalue weighted by molar-refractivity contribution is 7.99. The molecule has 1 atom stereocenters. The molecule has 2 aromatic carbocycles. The van der Waals surface area contributed by atoms with Crippen molar-refractivity contribution in [1.29, 1.82) is 0 Å². The van der Waals surface area contributed by atoms with Crippen LogP contribution in [0.25, 0.3) is 0 Å². The molecule has 0 saturated heterocycles. The van der Waals surface area contributed by atoms with Crippen LogP contribution in [0.2, 0.25) is 10.0 Å². The van der Waals surface area contributed by atoms with Crippen molar-refractivity contribution in [3.05, 3.63) is 69.2 Å². The summed E-state index contributed by atoms with van der Waals surface area (Å²) in [5.74, 6) is 0.713. The Morgan fingerprint density at radius 3 is 2.53 bits per heavy atom. The summed E-state index contributed by atoms with van der Waals surface area (Å²) >= 11 is 13.5. The van der Waals surface area contributed by atoms with Gasteiger partial charge in [-0.05, 0) is 49.1 Å². The van der Waals surface area contributed by atoms with Crippen LogP contribution in [0.5, 0.6) is 0 Å². The van der Waals surface area contributed by atoms with Crippen molar-refractivity contribution >= 4 is 46.8 Å². The van der Waals surface area contributed by atoms with Gasteiger partial charge < -0.3 is 10.2 Å². The summed E-state index contributed by atoms with van der Waals surface area (Å²) in [6.45, 7) is 6.80. The molecule has 0 aliphatic rings. The van der Waals surface area contributed by atoms with Crippen LogP contribution in [0.4, 0.5) is 0 Å². The van der Waals surface area contributed by atoms with E-state index < -0.39 is 6.04 Å². The zero-order valence-corrected chi connectivity index (χ0v) is 19.9. The van der Waals surface area contributed by atoms with E-state index in [1.165, 1.54) is 11.8 Å². The number of thioether (sulfide) groups is 1. The minimum atomic E-state index is -0.547. The second-order valence-corrected chi connectivity index (χ2v) is 8.96. The lowest BCUT2D eigenvalue weighted by molar-refractivity contribution is -0.138. The summed E-state index contributed by atoms with van der Waals surface area (Å²) in [5, 5.41) is 3.91. The minimum Gasteiger partial charge on any atom is -0.354 e. The van der Waals surface area contributed by atoms with Gasteiger partial charge in [0.2, 0.25) is 11.8 Å². The zero-order chi connectivity index (χ0) is 22.1. The van der Waals surface area contributed by atoms with Gasteiger partial charge in [0.15, 0.2) is 0 Å². The fourth-order valence-corrected chi connectivity index (χ4v) is 4.10. The van der Waals surface area contributed by atoms with E-state index >= 15 is 0 Å². The second kappa shape index (κ2) is 12.2. The standard InChI is InChI=1S/C23H28Cl2N2O2S/c1-4-11-26-23(29)17(3)27(13-19-8-6-5-7-16(19)2)22(28)15-30-14-18-9-10-20(24)21(25)12-18/h5-10,12,17H,4,11,13-15H2,1-3H3,(H,26,29). The number of nitrogens with one attached hydrogen (secondary N) is 1. The van der Waals surface area contributed by atoms with Gasteiger partial charge in [0.1, 0.15) is 6.04 Å². The summed E-state index contributed by atoms with van der Waals surface area (Å²) in [4.78, 5) is 27.3. The van der Waals surface area contributed by atoms with Crippen LogP contribution in [-0.4, -0.2) is 35.1 Å². The van der Waals surface area contributed by atoms with Gasteiger partial charge in [-0.2, -0.15) is 0 Å². The van der Waals surface area contributed by atoms with Crippen LogP contribution in [-0.2, 0) is 21.9 Å². The highest BCUT2D eigenvalue weighted by Crippen LogP contribution is 2.25. The predicted octanol–water partition coefficient (Wildman–Crippen LogP) is 5.48. The van der Waals surface area contributed by atoms with Crippen molar-refractivity contribution in [3.63, 3.8) is 0 Å². The maximum absolute atomic E-state index is 13.1. The van der Waals surface area contributed by atoms with Gasteiger partial charge in [0.25, 0.3) is 0 Å². The van der Waals surface area contributed by atoms with Crippen molar-refractivity contribution < 1.29 is 9.59 Å². The van der Waals surface area contributed by atoms with E-state index in [9.17, 15) is 9.59 Å². The highest BCUT2D eigenvalue weighted by atomic mass is 35.5. The lowest BCUT2D eigenvalue weighted by atomic mass is 10.1. The molecule has 2 aromatic rings. The van der Waals surface area contributed by atoms with E-state index in [1.807, 2.05) is 50.2 Å². The number of rotatable bonds is 10. The molecule has 0 aromatic heterocycles. The average Bonchev–Trinajstić information content (AvgIpc) is 2.73. The second-order valence-electron chi connectivity index (χ2n) is 7.16. The number of hydrogen-bond donors (Lipinski definition) is 1. The molecule has 2 amide bonds. The molecule has 1 unspecified atom stereocenters. The lowest BCUT2D eigenvalue weighted by Gasteiger charge is -2.29. The van der Waals surface area contributed by atoms with E-state index in [4.69, 9.17) is 23.2 Å². The Labute approximate surface area is 193 Å². The molecule has 0 spiro atoms. The number of carbonyl (C=O) groups is 2. The molecule has 0 aliphatic heterocycles. The number of benzene rings is 2. The Morgan fingerprint density at radius 2 is 1.87 bits per heavy atom. The van der Waals surface area contributed by atoms with Crippen LogP contribution < -0.4 is 5.32 Å². The van der Waals surface area contributed by atoms with Crippen molar-refractivity contribution in [2.24, 2.45) is 0 Å². The molecule has 162 valence electrons. The SMILES string of the molecule is CCCNC(=O)C(C)N(Cc1ccccc1C)C(=O)CSCc1ccc(Cl)c(Cl)c1. The van der Waals surface area contributed by atoms with Crippen LogP contribution in [0.3, 0.4) is 0 Å². The molecule has 0 aliphatic carbocycles. The topological polar surface area (TPSA) is 49.4 Å². The van der Waals surface area contributed by atoms with Crippen LogP contribution in [0.1, 0.15) is 37.0 Å². The quantitative estimate of drug-likeness (QED) is 0.504. The predicted molar refractivity (Wildman–Crippen MR) is 127 cm³/mol. The summed E-state index contributed by atoms with van der Waals surface area (Å²) in [6, 6.07) is 12.8. The molecule has 0 saturated carbocycles. The average molecular weight is 467 g/mol. The fourth-order valence-electron chi connectivity index (χ4n) is 2.92. The number of amides is 2. The zero-order valence-electron chi connectivity index (χ0n) is 17.6. The van der Waals surface area contributed by atoms with Gasteiger partial charge in [0.05, 0.1) is 15.8 Å². The first kappa shape index (κ1) is 24.6. The van der Waals surface area contributed by atoms with E-state index in [0.717, 1.165) is 23.1 Å². The largest absolute Gasteiger partial charge is 0.354 e. The first-order valence-electron chi connectivity index (χ1n) is 9.96. The third-order valence-electron chi connectivity index (χ3n) is 4.80. The number of carbonyl (C=O) groups excluding carboxylic acids is 2. The van der Waals surface area contributed by atoms with E-state index in [1.54, 1.807) is 17.9 Å². The van der Waals surface area contributed by atoms with Gasteiger partial charge in [-0.15, -0.1) is 11.8 Å². The van der Waals surface area contributed by atoms with Gasteiger partial charge in [-0.25, -0.2) is 0 Å². The Balaban J connectivity index is 2.07. The maximum atomic E-state index is 13.1. The van der Waals surface area contributed by atoms with Crippen molar-refractivity contribution in [1.82, 2.24) is 10.2 Å². The third-order valence-corrected chi connectivity index (χ3v) is 6.52. The first-order chi connectivity index (χ1) is 14.3. The Bertz CT molecular complexity index is 876.